The Morgan fingerprint density at radius 2 is 1.97 bits per heavy atom. The lowest BCUT2D eigenvalue weighted by molar-refractivity contribution is 0.0388. The number of thiophene rings is 1. The molecule has 3 atom stereocenters. The summed E-state index contributed by atoms with van der Waals surface area (Å²) in [7, 11) is 1.62. The first-order valence-corrected chi connectivity index (χ1v) is 12.8. The molecule has 0 fully saturated rings. The summed E-state index contributed by atoms with van der Waals surface area (Å²) in [6.07, 6.45) is -0.504. The number of rotatable bonds is 7. The summed E-state index contributed by atoms with van der Waals surface area (Å²) in [5.74, 6) is 0.0310. The zero-order valence-electron chi connectivity index (χ0n) is 19.1. The topological polar surface area (TPSA) is 90.4 Å². The van der Waals surface area contributed by atoms with Gasteiger partial charge in [-0.2, -0.15) is 4.31 Å². The van der Waals surface area contributed by atoms with E-state index in [0.717, 1.165) is 5.69 Å². The zero-order chi connectivity index (χ0) is 23.6. The van der Waals surface area contributed by atoms with Crippen molar-refractivity contribution in [2.24, 2.45) is 5.92 Å². The van der Waals surface area contributed by atoms with E-state index in [1.54, 1.807) is 48.5 Å². The van der Waals surface area contributed by atoms with E-state index in [4.69, 9.17) is 4.74 Å². The predicted octanol–water partition coefficient (Wildman–Crippen LogP) is 2.35. The minimum atomic E-state index is -3.65. The van der Waals surface area contributed by atoms with Crippen LogP contribution in [0.2, 0.25) is 0 Å². The first-order valence-electron chi connectivity index (χ1n) is 10.5. The number of likely N-dealkylation sites (N-methyl/N-ethyl adjacent to an activating group) is 1. The molecule has 10 heteroatoms. The van der Waals surface area contributed by atoms with Crippen LogP contribution in [0, 0.1) is 5.92 Å². The van der Waals surface area contributed by atoms with Gasteiger partial charge in [0.05, 0.1) is 30.4 Å². The van der Waals surface area contributed by atoms with Gasteiger partial charge in [0.15, 0.2) is 5.75 Å². The van der Waals surface area contributed by atoms with E-state index in [1.165, 1.54) is 15.6 Å². The Morgan fingerprint density at radius 3 is 2.56 bits per heavy atom. The summed E-state index contributed by atoms with van der Waals surface area (Å²) in [5, 5.41) is 11.5. The van der Waals surface area contributed by atoms with Crippen LogP contribution in [0.25, 0.3) is 0 Å². The molecule has 1 aliphatic heterocycles. The second-order valence-corrected chi connectivity index (χ2v) is 11.6. The van der Waals surface area contributed by atoms with Gasteiger partial charge in [-0.1, -0.05) is 19.1 Å². The Hall–Kier alpha value is -2.14. The number of fused-ring (bicyclic) bond motifs is 1. The Morgan fingerprint density at radius 1 is 1.25 bits per heavy atom. The van der Waals surface area contributed by atoms with E-state index in [2.05, 4.69) is 0 Å². The van der Waals surface area contributed by atoms with Crippen LogP contribution >= 0.6 is 11.3 Å². The second kappa shape index (κ2) is 9.78. The summed E-state index contributed by atoms with van der Waals surface area (Å²) in [5.41, 5.74) is 1.13. The smallest absolute Gasteiger partial charge is 0.258 e. The molecule has 0 aliphatic carbocycles. The maximum atomic E-state index is 13.4. The van der Waals surface area contributed by atoms with Crippen LogP contribution in [0.5, 0.6) is 5.75 Å². The van der Waals surface area contributed by atoms with Crippen molar-refractivity contribution in [1.29, 1.82) is 0 Å². The third-order valence-corrected chi connectivity index (χ3v) is 8.95. The van der Waals surface area contributed by atoms with Crippen molar-refractivity contribution >= 4 is 33.0 Å². The quantitative estimate of drug-likeness (QED) is 0.653. The lowest BCUT2D eigenvalue weighted by Gasteiger charge is -2.38. The van der Waals surface area contributed by atoms with Crippen LogP contribution in [-0.2, 0) is 10.0 Å². The third-order valence-electron chi connectivity index (χ3n) is 5.75. The van der Waals surface area contributed by atoms with Gasteiger partial charge in [0.1, 0.15) is 10.3 Å². The molecule has 8 nitrogen and oxygen atoms in total. The summed E-state index contributed by atoms with van der Waals surface area (Å²) < 4.78 is 34.0. The number of hydrogen-bond acceptors (Lipinski definition) is 7. The van der Waals surface area contributed by atoms with Crippen molar-refractivity contribution in [3.8, 4) is 5.75 Å². The van der Waals surface area contributed by atoms with E-state index in [1.807, 2.05) is 32.0 Å². The summed E-state index contributed by atoms with van der Waals surface area (Å²) in [4.78, 5) is 16.9. The molecule has 1 aromatic heterocycles. The van der Waals surface area contributed by atoms with Gasteiger partial charge >= 0.3 is 0 Å². The molecule has 0 unspecified atom stereocenters. The molecular formula is C22H31N3O5S2. The number of aliphatic hydroxyl groups is 1. The molecule has 0 saturated heterocycles. The van der Waals surface area contributed by atoms with E-state index in [0.29, 0.717) is 17.9 Å². The number of carbonyl (C=O) groups excluding carboxylic acids is 1. The fourth-order valence-corrected chi connectivity index (χ4v) is 6.10. The number of benzene rings is 1. The summed E-state index contributed by atoms with van der Waals surface area (Å²) in [6, 6.07) is 8.28. The number of carbonyl (C=O) groups is 1. The molecule has 0 bridgehead atoms. The van der Waals surface area contributed by atoms with Gasteiger partial charge in [0.25, 0.3) is 15.9 Å². The fourth-order valence-electron chi connectivity index (χ4n) is 3.71. The molecule has 32 heavy (non-hydrogen) atoms. The fraction of sp³-hybridized carbons (Fsp3) is 0.500. The molecular weight excluding hydrogens is 450 g/mol. The van der Waals surface area contributed by atoms with Gasteiger partial charge in [-0.25, -0.2) is 8.42 Å². The van der Waals surface area contributed by atoms with Crippen molar-refractivity contribution in [2.75, 3.05) is 45.7 Å². The number of ether oxygens (including phenoxy) is 1. The van der Waals surface area contributed by atoms with Crippen molar-refractivity contribution in [3.63, 3.8) is 0 Å². The number of anilines is 1. The highest BCUT2D eigenvalue weighted by atomic mass is 32.2. The standard InChI is InChI=1S/C22H31N3O5S2/c1-15-12-25(16(2)14-26)22(27)17-8-6-9-18(23(3)4)21(17)30-19(15)13-24(5)32(28,29)20-10-7-11-31-20/h6-11,15-16,19,26H,12-14H2,1-5H3/t15-,16+,19+/m1/s1. The first kappa shape index (κ1) is 24.5. The molecule has 1 amide bonds. The van der Waals surface area contributed by atoms with Gasteiger partial charge < -0.3 is 19.6 Å². The Labute approximate surface area is 194 Å². The molecule has 1 N–H and O–H groups in total. The maximum Gasteiger partial charge on any atom is 0.258 e. The average molecular weight is 482 g/mol. The molecule has 0 spiro atoms. The molecule has 176 valence electrons. The molecule has 0 radical (unpaired) electrons. The average Bonchev–Trinajstić information content (AvgIpc) is 3.30. The molecule has 1 aliphatic rings. The normalized spacial score (nSPS) is 20.3. The Kier molecular flexibility index (Phi) is 7.49. The predicted molar refractivity (Wildman–Crippen MR) is 126 cm³/mol. The number of sulfonamides is 1. The number of para-hydroxylation sites is 1. The van der Waals surface area contributed by atoms with Crippen molar-refractivity contribution in [3.05, 3.63) is 41.3 Å². The molecule has 2 aromatic rings. The van der Waals surface area contributed by atoms with Crippen LogP contribution in [0.3, 0.4) is 0 Å². The van der Waals surface area contributed by atoms with E-state index in [9.17, 15) is 18.3 Å². The third kappa shape index (κ3) is 4.78. The maximum absolute atomic E-state index is 13.4. The lowest BCUT2D eigenvalue weighted by atomic mass is 9.99. The highest BCUT2D eigenvalue weighted by Crippen LogP contribution is 2.36. The summed E-state index contributed by atoms with van der Waals surface area (Å²) >= 11 is 1.17. The highest BCUT2D eigenvalue weighted by Gasteiger charge is 2.36. The highest BCUT2D eigenvalue weighted by molar-refractivity contribution is 7.91. The van der Waals surface area contributed by atoms with E-state index >= 15 is 0 Å². The van der Waals surface area contributed by atoms with Crippen LogP contribution in [0.4, 0.5) is 5.69 Å². The van der Waals surface area contributed by atoms with Gasteiger partial charge in [0, 0.05) is 33.6 Å². The van der Waals surface area contributed by atoms with Gasteiger partial charge in [0.2, 0.25) is 0 Å². The lowest BCUT2D eigenvalue weighted by Crippen LogP contribution is -2.50. The van der Waals surface area contributed by atoms with Crippen molar-refractivity contribution < 1.29 is 23.1 Å². The zero-order valence-corrected chi connectivity index (χ0v) is 20.7. The number of amides is 1. The largest absolute Gasteiger partial charge is 0.486 e. The minimum Gasteiger partial charge on any atom is -0.486 e. The van der Waals surface area contributed by atoms with Crippen LogP contribution in [-0.4, -0.2) is 81.6 Å². The second-order valence-electron chi connectivity index (χ2n) is 8.39. The Balaban J connectivity index is 2.03. The minimum absolute atomic E-state index is 0.123. The molecule has 1 aromatic carbocycles. The van der Waals surface area contributed by atoms with Gasteiger partial charge in [-0.3, -0.25) is 4.79 Å². The van der Waals surface area contributed by atoms with E-state index < -0.39 is 16.1 Å². The first-order chi connectivity index (χ1) is 15.1. The van der Waals surface area contributed by atoms with Gasteiger partial charge in [-0.15, -0.1) is 11.3 Å². The molecule has 2 heterocycles. The van der Waals surface area contributed by atoms with Crippen molar-refractivity contribution in [1.82, 2.24) is 9.21 Å². The van der Waals surface area contributed by atoms with E-state index in [-0.39, 0.29) is 35.2 Å². The molecule has 0 saturated carbocycles. The monoisotopic (exact) mass is 481 g/mol. The number of hydrogen-bond donors (Lipinski definition) is 1. The van der Waals surface area contributed by atoms with Crippen LogP contribution < -0.4 is 9.64 Å². The van der Waals surface area contributed by atoms with Crippen LogP contribution in [0.1, 0.15) is 24.2 Å². The van der Waals surface area contributed by atoms with Crippen LogP contribution in [0.15, 0.2) is 39.9 Å². The Bertz CT molecular complexity index is 1040. The SMILES string of the molecule is C[C@@H]1CN([C@@H](C)CO)C(=O)c2cccc(N(C)C)c2O[C@H]1CN(C)S(=O)(=O)c1cccs1. The summed E-state index contributed by atoms with van der Waals surface area (Å²) in [6.45, 7) is 4.02. The molecule has 3 rings (SSSR count). The number of aliphatic hydroxyl groups excluding tert-OH is 1. The number of nitrogens with zero attached hydrogens (tertiary/aromatic N) is 3. The van der Waals surface area contributed by atoms with Crippen molar-refractivity contribution in [2.45, 2.75) is 30.2 Å². The van der Waals surface area contributed by atoms with Gasteiger partial charge in [-0.05, 0) is 30.5 Å².